The van der Waals surface area contributed by atoms with Crippen molar-refractivity contribution in [1.82, 2.24) is 4.31 Å². The molecule has 94 valence electrons. The fraction of sp³-hybridized carbons (Fsp3) is 0.900. The predicted molar refractivity (Wildman–Crippen MR) is 63.9 cm³/mol. The van der Waals surface area contributed by atoms with E-state index in [4.69, 9.17) is 11.6 Å². The number of hydrogen-bond donors (Lipinski definition) is 0. The van der Waals surface area contributed by atoms with E-state index < -0.39 is 15.3 Å². The van der Waals surface area contributed by atoms with Crippen LogP contribution in [0.5, 0.6) is 0 Å². The summed E-state index contributed by atoms with van der Waals surface area (Å²) in [6.07, 6.45) is 2.72. The molecule has 2 unspecified atom stereocenters. The molecule has 1 aliphatic heterocycles. The lowest BCUT2D eigenvalue weighted by atomic mass is 10.0. The van der Waals surface area contributed by atoms with Gasteiger partial charge in [-0.1, -0.05) is 6.42 Å². The van der Waals surface area contributed by atoms with Crippen LogP contribution in [-0.4, -0.2) is 35.8 Å². The zero-order valence-electron chi connectivity index (χ0n) is 9.65. The maximum atomic E-state index is 12.0. The molecule has 0 N–H and O–H groups in total. The van der Waals surface area contributed by atoms with Gasteiger partial charge in [0.05, 0.1) is 5.75 Å². The van der Waals surface area contributed by atoms with Crippen LogP contribution in [0, 0.1) is 0 Å². The molecule has 6 heteroatoms. The molecule has 0 aromatic heterocycles. The van der Waals surface area contributed by atoms with Gasteiger partial charge in [-0.3, -0.25) is 4.79 Å². The van der Waals surface area contributed by atoms with Crippen LogP contribution in [0.15, 0.2) is 0 Å². The first-order valence-corrected chi connectivity index (χ1v) is 7.53. The number of piperidine rings is 1. The quantitative estimate of drug-likeness (QED) is 0.729. The van der Waals surface area contributed by atoms with Crippen molar-refractivity contribution in [3.05, 3.63) is 0 Å². The van der Waals surface area contributed by atoms with Crippen molar-refractivity contribution in [1.29, 1.82) is 0 Å². The fourth-order valence-corrected chi connectivity index (χ4v) is 4.43. The average molecular weight is 268 g/mol. The highest BCUT2D eigenvalue weighted by Crippen LogP contribution is 2.26. The van der Waals surface area contributed by atoms with Crippen molar-refractivity contribution in [2.45, 2.75) is 51.6 Å². The second-order valence-electron chi connectivity index (χ2n) is 4.38. The topological polar surface area (TPSA) is 54.5 Å². The van der Waals surface area contributed by atoms with Gasteiger partial charge in [-0.15, -0.1) is 0 Å². The van der Waals surface area contributed by atoms with Gasteiger partial charge >= 0.3 is 0 Å². The minimum absolute atomic E-state index is 0.0270. The third-order valence-corrected chi connectivity index (χ3v) is 5.26. The van der Waals surface area contributed by atoms with E-state index in [1.54, 1.807) is 0 Å². The largest absolute Gasteiger partial charge is 0.281 e. The number of carbonyl (C=O) groups is 1. The lowest BCUT2D eigenvalue weighted by Crippen LogP contribution is -2.48. The zero-order chi connectivity index (χ0) is 12.3. The molecule has 0 aromatic rings. The lowest BCUT2D eigenvalue weighted by Gasteiger charge is -2.37. The van der Waals surface area contributed by atoms with Gasteiger partial charge in [0.1, 0.15) is 0 Å². The summed E-state index contributed by atoms with van der Waals surface area (Å²) >= 11 is 5.17. The molecule has 0 radical (unpaired) electrons. The molecule has 0 aromatic carbocycles. The highest BCUT2D eigenvalue weighted by atomic mass is 35.5. The summed E-state index contributed by atoms with van der Waals surface area (Å²) in [5, 5.41) is -0.596. The van der Waals surface area contributed by atoms with E-state index in [-0.39, 0.29) is 24.3 Å². The molecule has 0 saturated carbocycles. The summed E-state index contributed by atoms with van der Waals surface area (Å²) in [7, 11) is -3.35. The van der Waals surface area contributed by atoms with Crippen LogP contribution in [-0.2, 0) is 14.8 Å². The molecule has 0 aliphatic carbocycles. The average Bonchev–Trinajstić information content (AvgIpc) is 2.14. The van der Waals surface area contributed by atoms with E-state index in [1.165, 1.54) is 4.31 Å². The second kappa shape index (κ2) is 5.47. The van der Waals surface area contributed by atoms with Crippen molar-refractivity contribution < 1.29 is 13.2 Å². The first-order valence-electron chi connectivity index (χ1n) is 5.54. The molecule has 16 heavy (non-hydrogen) atoms. The Balaban J connectivity index is 2.76. The van der Waals surface area contributed by atoms with Gasteiger partial charge in [0.2, 0.25) is 15.3 Å². The van der Waals surface area contributed by atoms with Crippen molar-refractivity contribution in [2.75, 3.05) is 5.75 Å². The number of rotatable bonds is 4. The Morgan fingerprint density at radius 3 is 2.25 bits per heavy atom. The maximum absolute atomic E-state index is 12.0. The number of hydrogen-bond acceptors (Lipinski definition) is 3. The molecule has 1 aliphatic rings. The minimum Gasteiger partial charge on any atom is -0.281 e. The SMILES string of the molecule is CC1CCCC(C)N1S(=O)(=O)CCC(=O)Cl. The molecule has 2 atom stereocenters. The molecule has 0 bridgehead atoms. The number of nitrogens with zero attached hydrogens (tertiary/aromatic N) is 1. The van der Waals surface area contributed by atoms with Crippen LogP contribution >= 0.6 is 11.6 Å². The molecule has 1 rings (SSSR count). The van der Waals surface area contributed by atoms with Gasteiger partial charge in [0.15, 0.2) is 0 Å². The third-order valence-electron chi connectivity index (χ3n) is 2.99. The number of carbonyl (C=O) groups excluding carboxylic acids is 1. The van der Waals surface area contributed by atoms with Gasteiger partial charge in [-0.2, -0.15) is 4.31 Å². The summed E-state index contributed by atoms with van der Waals surface area (Å²) in [5.74, 6) is -0.177. The molecule has 0 spiro atoms. The van der Waals surface area contributed by atoms with Gasteiger partial charge in [0, 0.05) is 18.5 Å². The van der Waals surface area contributed by atoms with Crippen LogP contribution in [0.4, 0.5) is 0 Å². The zero-order valence-corrected chi connectivity index (χ0v) is 11.2. The van der Waals surface area contributed by atoms with E-state index >= 15 is 0 Å². The van der Waals surface area contributed by atoms with E-state index in [1.807, 2.05) is 13.8 Å². The van der Waals surface area contributed by atoms with Gasteiger partial charge in [-0.05, 0) is 38.3 Å². The Hall–Kier alpha value is -0.130. The van der Waals surface area contributed by atoms with Crippen LogP contribution < -0.4 is 0 Å². The summed E-state index contributed by atoms with van der Waals surface area (Å²) in [6.45, 7) is 3.82. The predicted octanol–water partition coefficient (Wildman–Crippen LogP) is 1.73. The van der Waals surface area contributed by atoms with E-state index in [0.29, 0.717) is 0 Å². The highest BCUT2D eigenvalue weighted by molar-refractivity contribution is 7.89. The maximum Gasteiger partial charge on any atom is 0.222 e. The summed E-state index contributed by atoms with van der Waals surface area (Å²) in [6, 6.07) is 0.0540. The van der Waals surface area contributed by atoms with Crippen LogP contribution in [0.2, 0.25) is 0 Å². The Labute approximate surface area is 102 Å². The Bertz CT molecular complexity index is 345. The summed E-state index contributed by atoms with van der Waals surface area (Å²) in [4.78, 5) is 10.6. The fourth-order valence-electron chi connectivity index (χ4n) is 2.26. The van der Waals surface area contributed by atoms with E-state index in [9.17, 15) is 13.2 Å². The Morgan fingerprint density at radius 1 is 1.31 bits per heavy atom. The van der Waals surface area contributed by atoms with Gasteiger partial charge in [0.25, 0.3) is 0 Å². The third kappa shape index (κ3) is 3.43. The normalized spacial score (nSPS) is 27.9. The van der Waals surface area contributed by atoms with E-state index in [2.05, 4.69) is 0 Å². The number of sulfonamides is 1. The van der Waals surface area contributed by atoms with E-state index in [0.717, 1.165) is 19.3 Å². The first-order chi connectivity index (χ1) is 7.34. The van der Waals surface area contributed by atoms with Crippen molar-refractivity contribution in [2.24, 2.45) is 0 Å². The highest BCUT2D eigenvalue weighted by Gasteiger charge is 2.34. The minimum atomic E-state index is -3.35. The van der Waals surface area contributed by atoms with Crippen molar-refractivity contribution >= 4 is 26.9 Å². The van der Waals surface area contributed by atoms with Crippen LogP contribution in [0.25, 0.3) is 0 Å². The van der Waals surface area contributed by atoms with Gasteiger partial charge in [-0.25, -0.2) is 8.42 Å². The smallest absolute Gasteiger partial charge is 0.222 e. The lowest BCUT2D eigenvalue weighted by molar-refractivity contribution is -0.111. The second-order valence-corrected chi connectivity index (χ2v) is 6.80. The molecule has 1 heterocycles. The van der Waals surface area contributed by atoms with Gasteiger partial charge < -0.3 is 0 Å². The van der Waals surface area contributed by atoms with Crippen molar-refractivity contribution in [3.8, 4) is 0 Å². The molecule has 4 nitrogen and oxygen atoms in total. The number of halogens is 1. The van der Waals surface area contributed by atoms with Crippen LogP contribution in [0.1, 0.15) is 39.5 Å². The molecular formula is C10H18ClNO3S. The molecule has 1 saturated heterocycles. The summed E-state index contributed by atoms with van der Waals surface area (Å²) in [5.41, 5.74) is 0. The standard InChI is InChI=1S/C10H18ClNO3S/c1-8-4-3-5-9(2)12(8)16(14,15)7-6-10(11)13/h8-9H,3-7H2,1-2H3. The Morgan fingerprint density at radius 2 is 1.81 bits per heavy atom. The molecular weight excluding hydrogens is 250 g/mol. The van der Waals surface area contributed by atoms with Crippen molar-refractivity contribution in [3.63, 3.8) is 0 Å². The Kier molecular flexibility index (Phi) is 4.76. The van der Waals surface area contributed by atoms with Crippen LogP contribution in [0.3, 0.4) is 0 Å². The molecule has 0 amide bonds. The monoisotopic (exact) mass is 267 g/mol. The summed E-state index contributed by atoms with van der Waals surface area (Å²) < 4.78 is 25.6. The first kappa shape index (κ1) is 13.9. The molecule has 1 fully saturated rings.